The lowest BCUT2D eigenvalue weighted by molar-refractivity contribution is 0.0470. The molecule has 0 aliphatic carbocycles. The van der Waals surface area contributed by atoms with Crippen molar-refractivity contribution in [3.05, 3.63) is 101 Å². The Labute approximate surface area is 176 Å². The predicted octanol–water partition coefficient (Wildman–Crippen LogP) is 4.91. The minimum atomic E-state index is -0.591. The van der Waals surface area contributed by atoms with Crippen molar-refractivity contribution in [3.8, 4) is 5.75 Å². The van der Waals surface area contributed by atoms with E-state index in [1.807, 2.05) is 54.8 Å². The molecule has 0 unspecified atom stereocenters. The van der Waals surface area contributed by atoms with Gasteiger partial charge in [-0.2, -0.15) is 0 Å². The summed E-state index contributed by atoms with van der Waals surface area (Å²) in [5, 5.41) is 0. The molecule has 3 aromatic rings. The fourth-order valence-corrected chi connectivity index (χ4v) is 3.28. The first-order chi connectivity index (χ1) is 14.5. The minimum Gasteiger partial charge on any atom is -0.488 e. The number of carbonyl (C=O) groups excluding carboxylic acids is 2. The van der Waals surface area contributed by atoms with Crippen LogP contribution in [0.4, 0.5) is 0 Å². The van der Waals surface area contributed by atoms with Gasteiger partial charge in [-0.3, -0.25) is 4.79 Å². The maximum atomic E-state index is 12.6. The number of esters is 1. The number of carbonyl (C=O) groups is 2. The van der Waals surface area contributed by atoms with E-state index >= 15 is 0 Å². The third-order valence-electron chi connectivity index (χ3n) is 4.86. The van der Waals surface area contributed by atoms with E-state index < -0.39 is 5.97 Å². The first kappa shape index (κ1) is 21.1. The summed E-state index contributed by atoms with van der Waals surface area (Å²) in [7, 11) is 0. The lowest BCUT2D eigenvalue weighted by Gasteiger charge is -2.11. The Morgan fingerprint density at radius 3 is 2.43 bits per heavy atom. The van der Waals surface area contributed by atoms with Crippen LogP contribution in [0.25, 0.3) is 0 Å². The Kier molecular flexibility index (Phi) is 6.86. The molecule has 0 saturated heterocycles. The Hall–Kier alpha value is -3.60. The Morgan fingerprint density at radius 1 is 1.00 bits per heavy atom. The number of aromatic nitrogens is 1. The van der Waals surface area contributed by atoms with Gasteiger partial charge in [-0.1, -0.05) is 48.5 Å². The van der Waals surface area contributed by atoms with Crippen LogP contribution in [0.3, 0.4) is 0 Å². The molecule has 5 nitrogen and oxygen atoms in total. The van der Waals surface area contributed by atoms with Gasteiger partial charge in [0.25, 0.3) is 0 Å². The zero-order valence-corrected chi connectivity index (χ0v) is 17.3. The van der Waals surface area contributed by atoms with E-state index in [1.165, 1.54) is 0 Å². The summed E-state index contributed by atoms with van der Waals surface area (Å²) in [5.41, 5.74) is 3.63. The number of ketones is 1. The lowest BCUT2D eigenvalue weighted by atomic mass is 10.1. The molecule has 154 valence electrons. The molecule has 0 radical (unpaired) electrons. The van der Waals surface area contributed by atoms with Crippen molar-refractivity contribution in [2.24, 2.45) is 0 Å². The van der Waals surface area contributed by atoms with E-state index in [-0.39, 0.29) is 12.4 Å². The number of hydrogen-bond donors (Lipinski definition) is 0. The molecule has 0 N–H and O–H groups in total. The summed E-state index contributed by atoms with van der Waals surface area (Å²) in [6.45, 7) is 8.17. The topological polar surface area (TPSA) is 57.5 Å². The van der Waals surface area contributed by atoms with E-state index in [9.17, 15) is 9.59 Å². The first-order valence-corrected chi connectivity index (χ1v) is 9.75. The second kappa shape index (κ2) is 9.74. The molecule has 0 atom stereocenters. The fraction of sp³-hybridized carbons (Fsp3) is 0.200. The van der Waals surface area contributed by atoms with Crippen LogP contribution in [0.2, 0.25) is 0 Å². The number of aryl methyl sites for hydroxylation is 1. The molecule has 2 aromatic carbocycles. The summed E-state index contributed by atoms with van der Waals surface area (Å²) >= 11 is 0. The number of nitrogens with zero attached hydrogens (tertiary/aromatic N) is 1. The van der Waals surface area contributed by atoms with Crippen LogP contribution >= 0.6 is 0 Å². The predicted molar refractivity (Wildman–Crippen MR) is 116 cm³/mol. The third kappa shape index (κ3) is 4.87. The third-order valence-corrected chi connectivity index (χ3v) is 4.86. The summed E-state index contributed by atoms with van der Waals surface area (Å²) < 4.78 is 13.1. The van der Waals surface area contributed by atoms with Gasteiger partial charge in [-0.05, 0) is 37.6 Å². The molecule has 0 bridgehead atoms. The van der Waals surface area contributed by atoms with Crippen molar-refractivity contribution in [1.29, 1.82) is 0 Å². The van der Waals surface area contributed by atoms with Gasteiger partial charge in [0.05, 0.1) is 0 Å². The molecular weight excluding hydrogens is 378 g/mol. The van der Waals surface area contributed by atoms with Gasteiger partial charge in [-0.15, -0.1) is 6.58 Å². The highest BCUT2D eigenvalue weighted by Gasteiger charge is 2.19. The molecule has 3 rings (SSSR count). The van der Waals surface area contributed by atoms with Gasteiger partial charge in [0.2, 0.25) is 5.78 Å². The molecule has 30 heavy (non-hydrogen) atoms. The van der Waals surface area contributed by atoms with Crippen LogP contribution in [0.1, 0.15) is 37.7 Å². The van der Waals surface area contributed by atoms with Gasteiger partial charge in [0, 0.05) is 23.5 Å². The summed E-state index contributed by atoms with van der Waals surface area (Å²) in [6.07, 6.45) is 1.78. The minimum absolute atomic E-state index is 0.241. The number of Topliss-reactive ketones (excluding diaryl/α,β-unsaturated/α-hetero) is 1. The van der Waals surface area contributed by atoms with Crippen molar-refractivity contribution in [3.63, 3.8) is 0 Å². The molecule has 0 fully saturated rings. The quantitative estimate of drug-likeness (QED) is 0.289. The molecule has 0 amide bonds. The zero-order valence-electron chi connectivity index (χ0n) is 17.3. The highest BCUT2D eigenvalue weighted by molar-refractivity contribution is 6.01. The summed E-state index contributed by atoms with van der Waals surface area (Å²) in [4.78, 5) is 25.2. The second-order valence-corrected chi connectivity index (χ2v) is 6.95. The van der Waals surface area contributed by atoms with E-state index in [1.54, 1.807) is 30.3 Å². The SMILES string of the molecule is C=CCn1c(C)cc(C(=O)COC(=O)c2ccccc2OCc2ccccc2)c1C. The van der Waals surface area contributed by atoms with Crippen molar-refractivity contribution in [2.45, 2.75) is 27.0 Å². The van der Waals surface area contributed by atoms with Gasteiger partial charge >= 0.3 is 5.97 Å². The number of hydrogen-bond acceptors (Lipinski definition) is 4. The summed E-state index contributed by atoms with van der Waals surface area (Å²) in [5.74, 6) is -0.413. The lowest BCUT2D eigenvalue weighted by Crippen LogP contribution is -2.16. The van der Waals surface area contributed by atoms with E-state index in [4.69, 9.17) is 9.47 Å². The van der Waals surface area contributed by atoms with Gasteiger partial charge in [0.1, 0.15) is 17.9 Å². The van der Waals surface area contributed by atoms with E-state index in [2.05, 4.69) is 6.58 Å². The van der Waals surface area contributed by atoms with Crippen molar-refractivity contribution in [2.75, 3.05) is 6.61 Å². The maximum absolute atomic E-state index is 12.6. The molecule has 0 aliphatic rings. The largest absolute Gasteiger partial charge is 0.488 e. The van der Waals surface area contributed by atoms with Crippen LogP contribution in [0.15, 0.2) is 73.3 Å². The maximum Gasteiger partial charge on any atom is 0.342 e. The van der Waals surface area contributed by atoms with Gasteiger partial charge in [0.15, 0.2) is 6.61 Å². The number of ether oxygens (including phenoxy) is 2. The Balaban J connectivity index is 1.66. The number of allylic oxidation sites excluding steroid dienone is 1. The average molecular weight is 403 g/mol. The number of rotatable bonds is 9. The van der Waals surface area contributed by atoms with Crippen molar-refractivity contribution in [1.82, 2.24) is 4.57 Å². The molecular formula is C25H25NO4. The van der Waals surface area contributed by atoms with Crippen LogP contribution in [-0.2, 0) is 17.9 Å². The van der Waals surface area contributed by atoms with Gasteiger partial charge in [-0.25, -0.2) is 4.79 Å². The number of benzene rings is 2. The molecule has 1 aromatic heterocycles. The molecule has 5 heteroatoms. The van der Waals surface area contributed by atoms with Crippen molar-refractivity contribution < 1.29 is 19.1 Å². The van der Waals surface area contributed by atoms with Gasteiger partial charge < -0.3 is 14.0 Å². The number of para-hydroxylation sites is 1. The van der Waals surface area contributed by atoms with Crippen LogP contribution in [0, 0.1) is 13.8 Å². The van der Waals surface area contributed by atoms with Crippen LogP contribution < -0.4 is 4.74 Å². The Bertz CT molecular complexity index is 1050. The zero-order chi connectivity index (χ0) is 21.5. The molecule has 0 saturated carbocycles. The Morgan fingerprint density at radius 2 is 1.70 bits per heavy atom. The molecule has 0 aliphatic heterocycles. The second-order valence-electron chi connectivity index (χ2n) is 6.95. The monoisotopic (exact) mass is 403 g/mol. The van der Waals surface area contributed by atoms with E-state index in [0.717, 1.165) is 17.0 Å². The fourth-order valence-electron chi connectivity index (χ4n) is 3.28. The van der Waals surface area contributed by atoms with Crippen molar-refractivity contribution >= 4 is 11.8 Å². The summed E-state index contributed by atoms with van der Waals surface area (Å²) in [6, 6.07) is 18.4. The smallest absolute Gasteiger partial charge is 0.342 e. The standard InChI is InChI=1S/C25H25NO4/c1-4-14-26-18(2)15-22(19(26)3)23(27)17-30-25(28)21-12-8-9-13-24(21)29-16-20-10-6-5-7-11-20/h4-13,15H,1,14,16-17H2,2-3H3. The molecule has 1 heterocycles. The van der Waals surface area contributed by atoms with Crippen LogP contribution in [0.5, 0.6) is 5.75 Å². The van der Waals surface area contributed by atoms with E-state index in [0.29, 0.717) is 30.0 Å². The highest BCUT2D eigenvalue weighted by Crippen LogP contribution is 2.21. The first-order valence-electron chi connectivity index (χ1n) is 9.75. The van der Waals surface area contributed by atoms with Crippen LogP contribution in [-0.4, -0.2) is 22.9 Å². The normalized spacial score (nSPS) is 10.5. The highest BCUT2D eigenvalue weighted by atomic mass is 16.5. The molecule has 0 spiro atoms. The average Bonchev–Trinajstić information content (AvgIpc) is 3.05.